The van der Waals surface area contributed by atoms with Crippen molar-refractivity contribution < 1.29 is 14.3 Å². The molecule has 0 aliphatic carbocycles. The highest BCUT2D eigenvalue weighted by Crippen LogP contribution is 2.21. The zero-order valence-electron chi connectivity index (χ0n) is 18.0. The van der Waals surface area contributed by atoms with E-state index in [-0.39, 0.29) is 25.0 Å². The van der Waals surface area contributed by atoms with Crippen LogP contribution in [0.15, 0.2) is 79.1 Å². The molecule has 1 N–H and O–H groups in total. The van der Waals surface area contributed by atoms with Crippen LogP contribution in [-0.4, -0.2) is 39.7 Å². The summed E-state index contributed by atoms with van der Waals surface area (Å²) in [6, 6.07) is 20.1. The second-order valence-corrected chi connectivity index (χ2v) is 7.51. The molecule has 4 aromatic rings. The number of carbonyl (C=O) groups is 2. The number of likely N-dealkylation sites (N-methyl/N-ethyl adjacent to an activating group) is 1. The summed E-state index contributed by atoms with van der Waals surface area (Å²) < 4.78 is 7.89. The zero-order chi connectivity index (χ0) is 22.5. The number of nitrogens with one attached hydrogen (secondary N) is 1. The van der Waals surface area contributed by atoms with Gasteiger partial charge in [-0.2, -0.15) is 0 Å². The molecule has 7 heteroatoms. The van der Waals surface area contributed by atoms with Crippen molar-refractivity contribution in [3.05, 3.63) is 95.9 Å². The van der Waals surface area contributed by atoms with E-state index in [0.717, 1.165) is 16.9 Å². The summed E-state index contributed by atoms with van der Waals surface area (Å²) in [6.07, 6.45) is 3.85. The summed E-state index contributed by atoms with van der Waals surface area (Å²) in [4.78, 5) is 31.3. The van der Waals surface area contributed by atoms with E-state index in [1.807, 2.05) is 60.1 Å². The Morgan fingerprint density at radius 1 is 1.03 bits per heavy atom. The third-order valence-corrected chi connectivity index (χ3v) is 5.01. The topological polar surface area (TPSA) is 75.9 Å². The summed E-state index contributed by atoms with van der Waals surface area (Å²) in [5.41, 5.74) is 3.79. The highest BCUT2D eigenvalue weighted by molar-refractivity contribution is 6.00. The van der Waals surface area contributed by atoms with Crippen LogP contribution in [-0.2, 0) is 11.4 Å². The maximum absolute atomic E-state index is 13.0. The standard InChI is InChI=1S/C25H24N4O3/c1-18-9-8-14-29-15-20(27-24(18)29)17-32-22-13-7-6-12-21(22)25(31)28(2)16-23(30)26-19-10-4-3-5-11-19/h3-15H,16-17H2,1-2H3,(H,26,30). The van der Waals surface area contributed by atoms with Crippen molar-refractivity contribution in [3.63, 3.8) is 0 Å². The van der Waals surface area contributed by atoms with Crippen LogP contribution in [0.5, 0.6) is 5.75 Å². The van der Waals surface area contributed by atoms with Gasteiger partial charge in [-0.1, -0.05) is 36.4 Å². The van der Waals surface area contributed by atoms with Gasteiger partial charge in [0.15, 0.2) is 0 Å². The fourth-order valence-electron chi connectivity index (χ4n) is 3.41. The van der Waals surface area contributed by atoms with E-state index in [1.54, 1.807) is 37.4 Å². The summed E-state index contributed by atoms with van der Waals surface area (Å²) in [5.74, 6) is -0.123. The first kappa shape index (κ1) is 21.1. The molecule has 0 atom stereocenters. The number of pyridine rings is 1. The number of amides is 2. The van der Waals surface area contributed by atoms with Crippen molar-refractivity contribution in [3.8, 4) is 5.75 Å². The molecule has 162 valence electrons. The predicted molar refractivity (Wildman–Crippen MR) is 123 cm³/mol. The number of hydrogen-bond acceptors (Lipinski definition) is 4. The molecule has 0 spiro atoms. The molecule has 0 fully saturated rings. The number of anilines is 1. The Bertz CT molecular complexity index is 1250. The van der Waals surface area contributed by atoms with Crippen LogP contribution in [0.4, 0.5) is 5.69 Å². The van der Waals surface area contributed by atoms with Crippen molar-refractivity contribution in [2.45, 2.75) is 13.5 Å². The van der Waals surface area contributed by atoms with Crippen molar-refractivity contribution >= 4 is 23.1 Å². The summed E-state index contributed by atoms with van der Waals surface area (Å²) in [5, 5.41) is 2.78. The molecule has 2 aromatic carbocycles. The van der Waals surface area contributed by atoms with Crippen LogP contribution in [0.1, 0.15) is 21.6 Å². The first-order chi connectivity index (χ1) is 15.5. The fraction of sp³-hybridized carbons (Fsp3) is 0.160. The smallest absolute Gasteiger partial charge is 0.257 e. The highest BCUT2D eigenvalue weighted by atomic mass is 16.5. The Balaban J connectivity index is 1.43. The van der Waals surface area contributed by atoms with Gasteiger partial charge in [-0.3, -0.25) is 9.59 Å². The van der Waals surface area contributed by atoms with E-state index in [1.165, 1.54) is 4.90 Å². The molecule has 0 saturated carbocycles. The molecule has 0 aliphatic rings. The number of nitrogens with zero attached hydrogens (tertiary/aromatic N) is 3. The lowest BCUT2D eigenvalue weighted by Crippen LogP contribution is -2.35. The summed E-state index contributed by atoms with van der Waals surface area (Å²) in [6.45, 7) is 2.15. The molecule has 2 amide bonds. The van der Waals surface area contributed by atoms with E-state index < -0.39 is 0 Å². The van der Waals surface area contributed by atoms with Gasteiger partial charge >= 0.3 is 0 Å². The Morgan fingerprint density at radius 3 is 2.56 bits per heavy atom. The summed E-state index contributed by atoms with van der Waals surface area (Å²) in [7, 11) is 1.59. The number of rotatable bonds is 7. The number of hydrogen-bond donors (Lipinski definition) is 1. The van der Waals surface area contributed by atoms with Crippen LogP contribution in [0, 0.1) is 6.92 Å². The molecule has 32 heavy (non-hydrogen) atoms. The van der Waals surface area contributed by atoms with Gasteiger partial charge in [-0.15, -0.1) is 0 Å². The first-order valence-corrected chi connectivity index (χ1v) is 10.3. The second-order valence-electron chi connectivity index (χ2n) is 7.51. The van der Waals surface area contributed by atoms with Gasteiger partial charge in [0.2, 0.25) is 5.91 Å². The van der Waals surface area contributed by atoms with E-state index in [4.69, 9.17) is 4.74 Å². The molecule has 0 saturated heterocycles. The number of aryl methyl sites for hydroxylation is 1. The Hall–Kier alpha value is -4.13. The minimum absolute atomic E-state index is 0.0756. The number of aromatic nitrogens is 2. The molecule has 7 nitrogen and oxygen atoms in total. The molecule has 0 unspecified atom stereocenters. The normalized spacial score (nSPS) is 10.7. The number of benzene rings is 2. The molecule has 4 rings (SSSR count). The number of fused-ring (bicyclic) bond motifs is 1. The predicted octanol–water partition coefficient (Wildman–Crippen LogP) is 3.93. The number of carbonyl (C=O) groups excluding carboxylic acids is 2. The van der Waals surface area contributed by atoms with Crippen molar-refractivity contribution in [1.82, 2.24) is 14.3 Å². The van der Waals surface area contributed by atoms with Gasteiger partial charge in [-0.05, 0) is 42.8 Å². The minimum Gasteiger partial charge on any atom is -0.486 e. The number of ether oxygens (including phenoxy) is 1. The van der Waals surface area contributed by atoms with E-state index in [2.05, 4.69) is 10.3 Å². The van der Waals surface area contributed by atoms with Gasteiger partial charge in [0.05, 0.1) is 17.8 Å². The minimum atomic E-state index is -0.297. The molecule has 2 aromatic heterocycles. The number of imidazole rings is 1. The largest absolute Gasteiger partial charge is 0.486 e. The first-order valence-electron chi connectivity index (χ1n) is 10.3. The van der Waals surface area contributed by atoms with Gasteiger partial charge < -0.3 is 19.4 Å². The molecule has 0 aliphatic heterocycles. The van der Waals surface area contributed by atoms with Crippen molar-refractivity contribution in [2.24, 2.45) is 0 Å². The molecular weight excluding hydrogens is 404 g/mol. The maximum Gasteiger partial charge on any atom is 0.257 e. The monoisotopic (exact) mass is 428 g/mol. The zero-order valence-corrected chi connectivity index (χ0v) is 18.0. The van der Waals surface area contributed by atoms with Crippen LogP contribution in [0.3, 0.4) is 0 Å². The third-order valence-electron chi connectivity index (χ3n) is 5.01. The molecular formula is C25H24N4O3. The lowest BCUT2D eigenvalue weighted by molar-refractivity contribution is -0.116. The quantitative estimate of drug-likeness (QED) is 0.484. The fourth-order valence-corrected chi connectivity index (χ4v) is 3.41. The maximum atomic E-state index is 13.0. The van der Waals surface area contributed by atoms with E-state index in [0.29, 0.717) is 17.0 Å². The Morgan fingerprint density at radius 2 is 1.78 bits per heavy atom. The van der Waals surface area contributed by atoms with Crippen LogP contribution in [0.25, 0.3) is 5.65 Å². The van der Waals surface area contributed by atoms with E-state index in [9.17, 15) is 9.59 Å². The lowest BCUT2D eigenvalue weighted by atomic mass is 10.1. The SMILES string of the molecule is Cc1cccn2cc(COc3ccccc3C(=O)N(C)CC(=O)Nc3ccccc3)nc12. The van der Waals surface area contributed by atoms with Crippen LogP contribution in [0.2, 0.25) is 0 Å². The van der Waals surface area contributed by atoms with Crippen LogP contribution < -0.4 is 10.1 Å². The van der Waals surface area contributed by atoms with Gasteiger partial charge in [0.25, 0.3) is 5.91 Å². The van der Waals surface area contributed by atoms with Crippen molar-refractivity contribution in [1.29, 1.82) is 0 Å². The van der Waals surface area contributed by atoms with Gasteiger partial charge in [0, 0.05) is 25.1 Å². The Labute approximate surface area is 186 Å². The van der Waals surface area contributed by atoms with Crippen LogP contribution >= 0.6 is 0 Å². The molecule has 0 bridgehead atoms. The molecule has 2 heterocycles. The van der Waals surface area contributed by atoms with Crippen molar-refractivity contribution in [2.75, 3.05) is 18.9 Å². The third kappa shape index (κ3) is 4.78. The van der Waals surface area contributed by atoms with Gasteiger partial charge in [-0.25, -0.2) is 4.98 Å². The average molecular weight is 428 g/mol. The average Bonchev–Trinajstić information content (AvgIpc) is 3.22. The number of para-hydroxylation sites is 2. The summed E-state index contributed by atoms with van der Waals surface area (Å²) >= 11 is 0. The van der Waals surface area contributed by atoms with E-state index >= 15 is 0 Å². The highest BCUT2D eigenvalue weighted by Gasteiger charge is 2.19. The Kier molecular flexibility index (Phi) is 6.17. The lowest BCUT2D eigenvalue weighted by Gasteiger charge is -2.18. The second kappa shape index (κ2) is 9.34. The molecule has 0 radical (unpaired) electrons. The van der Waals surface area contributed by atoms with Gasteiger partial charge in [0.1, 0.15) is 18.0 Å².